The second kappa shape index (κ2) is 13.3. The predicted octanol–water partition coefficient (Wildman–Crippen LogP) is 6.92. The lowest BCUT2D eigenvalue weighted by Gasteiger charge is -2.34. The van der Waals surface area contributed by atoms with Gasteiger partial charge in [0, 0.05) is 53.4 Å². The van der Waals surface area contributed by atoms with Crippen molar-refractivity contribution in [2.24, 2.45) is 5.92 Å². The first-order valence-corrected chi connectivity index (χ1v) is 15.9. The quantitative estimate of drug-likeness (QED) is 0.200. The average molecular weight is 646 g/mol. The van der Waals surface area contributed by atoms with Crippen molar-refractivity contribution in [1.82, 2.24) is 14.9 Å². The lowest BCUT2D eigenvalue weighted by molar-refractivity contribution is -0.147. The van der Waals surface area contributed by atoms with Crippen LogP contribution in [0.15, 0.2) is 59.2 Å². The SMILES string of the molecule is CCOC(=O)[C@H](Cc1ccccc1)NC(=O)CC1CCN(c2cc(C)nc3c2c(C)cn3-c2c(C)cc(Br)cc2C)CC1. The van der Waals surface area contributed by atoms with E-state index >= 15 is 0 Å². The molecule has 2 aromatic heterocycles. The number of nitrogens with zero attached hydrogens (tertiary/aromatic N) is 3. The fourth-order valence-corrected chi connectivity index (χ4v) is 7.08. The molecule has 43 heavy (non-hydrogen) atoms. The standard InChI is InChI=1S/C35H41BrN4O3/c1-6-43-35(42)29(19-26-10-8-7-9-11-26)38-31(41)20-27-12-14-39(15-13-27)30-18-25(5)37-34-32(30)24(4)21-40(34)33-22(2)16-28(36)17-23(33)3/h7-11,16-18,21,27,29H,6,12-15,19-20H2,1-5H3,(H,38,41)/t29-/m0/s1. The monoisotopic (exact) mass is 644 g/mol. The molecule has 0 radical (unpaired) electrons. The molecule has 0 aliphatic carbocycles. The van der Waals surface area contributed by atoms with Gasteiger partial charge in [-0.1, -0.05) is 46.3 Å². The van der Waals surface area contributed by atoms with Crippen LogP contribution in [0.1, 0.15) is 54.1 Å². The van der Waals surface area contributed by atoms with E-state index in [1.165, 1.54) is 33.5 Å². The van der Waals surface area contributed by atoms with E-state index < -0.39 is 6.04 Å². The molecule has 4 aromatic rings. The van der Waals surface area contributed by atoms with Gasteiger partial charge in [-0.25, -0.2) is 9.78 Å². The van der Waals surface area contributed by atoms with Crippen LogP contribution in [0.2, 0.25) is 0 Å². The number of pyridine rings is 1. The summed E-state index contributed by atoms with van der Waals surface area (Å²) in [5, 5.41) is 4.15. The van der Waals surface area contributed by atoms with Gasteiger partial charge in [0.05, 0.1) is 12.3 Å². The number of aromatic nitrogens is 2. The van der Waals surface area contributed by atoms with Crippen LogP contribution in [-0.4, -0.2) is 47.2 Å². The van der Waals surface area contributed by atoms with Crippen LogP contribution in [0.3, 0.4) is 0 Å². The molecule has 8 heteroatoms. The molecule has 0 spiro atoms. The lowest BCUT2D eigenvalue weighted by atomic mass is 9.92. The average Bonchev–Trinajstić information content (AvgIpc) is 3.28. The third kappa shape index (κ3) is 6.96. The Hall–Kier alpha value is -3.65. The smallest absolute Gasteiger partial charge is 0.328 e. The van der Waals surface area contributed by atoms with E-state index in [1.807, 2.05) is 30.3 Å². The number of hydrogen-bond acceptors (Lipinski definition) is 5. The zero-order valence-electron chi connectivity index (χ0n) is 25.7. The summed E-state index contributed by atoms with van der Waals surface area (Å²) in [6.07, 6.45) is 4.84. The van der Waals surface area contributed by atoms with E-state index in [9.17, 15) is 9.59 Å². The van der Waals surface area contributed by atoms with E-state index in [0.29, 0.717) is 12.8 Å². The number of piperidine rings is 1. The van der Waals surface area contributed by atoms with Crippen LogP contribution in [-0.2, 0) is 20.7 Å². The van der Waals surface area contributed by atoms with Crippen molar-refractivity contribution in [1.29, 1.82) is 0 Å². The van der Waals surface area contributed by atoms with Crippen molar-refractivity contribution in [3.05, 3.63) is 87.1 Å². The number of esters is 1. The van der Waals surface area contributed by atoms with Crippen molar-refractivity contribution in [2.75, 3.05) is 24.6 Å². The molecule has 0 unspecified atom stereocenters. The summed E-state index contributed by atoms with van der Waals surface area (Å²) in [6.45, 7) is 12.3. The molecule has 1 N–H and O–H groups in total. The van der Waals surface area contributed by atoms with E-state index in [4.69, 9.17) is 9.72 Å². The Morgan fingerprint density at radius 1 is 1.02 bits per heavy atom. The van der Waals surface area contributed by atoms with Crippen molar-refractivity contribution >= 4 is 44.5 Å². The molecule has 7 nitrogen and oxygen atoms in total. The third-order valence-electron chi connectivity index (χ3n) is 8.37. The molecule has 1 saturated heterocycles. The first kappa shape index (κ1) is 30.8. The number of anilines is 1. The first-order valence-electron chi connectivity index (χ1n) is 15.2. The molecule has 1 aliphatic rings. The lowest BCUT2D eigenvalue weighted by Crippen LogP contribution is -2.44. The summed E-state index contributed by atoms with van der Waals surface area (Å²) >= 11 is 3.63. The summed E-state index contributed by atoms with van der Waals surface area (Å²) in [6, 6.07) is 15.5. The van der Waals surface area contributed by atoms with Gasteiger partial charge in [0.25, 0.3) is 0 Å². The topological polar surface area (TPSA) is 76.5 Å². The molecule has 5 rings (SSSR count). The van der Waals surface area contributed by atoms with E-state index in [0.717, 1.165) is 47.3 Å². The number of halogens is 1. The van der Waals surface area contributed by atoms with Crippen LogP contribution in [0.4, 0.5) is 5.69 Å². The van der Waals surface area contributed by atoms with Crippen molar-refractivity contribution in [2.45, 2.75) is 66.3 Å². The Morgan fingerprint density at radius 2 is 1.70 bits per heavy atom. The third-order valence-corrected chi connectivity index (χ3v) is 8.83. The van der Waals surface area contributed by atoms with Crippen LogP contribution < -0.4 is 10.2 Å². The Balaban J connectivity index is 1.29. The first-order chi connectivity index (χ1) is 20.6. The Labute approximate surface area is 262 Å². The van der Waals surface area contributed by atoms with Crippen LogP contribution >= 0.6 is 15.9 Å². The van der Waals surface area contributed by atoms with E-state index in [1.54, 1.807) is 6.92 Å². The minimum atomic E-state index is -0.687. The molecule has 2 aromatic carbocycles. The number of hydrogen-bond donors (Lipinski definition) is 1. The highest BCUT2D eigenvalue weighted by Crippen LogP contribution is 2.36. The molecule has 0 bridgehead atoms. The number of carbonyl (C=O) groups is 2. The fraction of sp³-hybridized carbons (Fsp3) is 0.400. The number of nitrogens with one attached hydrogen (secondary N) is 1. The van der Waals surface area contributed by atoms with Gasteiger partial charge in [-0.15, -0.1) is 0 Å². The number of rotatable bonds is 9. The minimum absolute atomic E-state index is 0.0947. The summed E-state index contributed by atoms with van der Waals surface area (Å²) < 4.78 is 8.58. The summed E-state index contributed by atoms with van der Waals surface area (Å²) in [7, 11) is 0. The number of aryl methyl sites for hydroxylation is 4. The Kier molecular flexibility index (Phi) is 9.55. The van der Waals surface area contributed by atoms with E-state index in [-0.39, 0.29) is 24.4 Å². The molecular weight excluding hydrogens is 604 g/mol. The van der Waals surface area contributed by atoms with E-state index in [2.05, 4.69) is 82.8 Å². The maximum Gasteiger partial charge on any atom is 0.328 e. The maximum absolute atomic E-state index is 13.1. The molecular formula is C35H41BrN4O3. The molecule has 1 atom stereocenters. The van der Waals surface area contributed by atoms with Crippen molar-refractivity contribution < 1.29 is 14.3 Å². The maximum atomic E-state index is 13.1. The Morgan fingerprint density at radius 3 is 2.35 bits per heavy atom. The number of carbonyl (C=O) groups excluding carboxylic acids is 2. The zero-order valence-corrected chi connectivity index (χ0v) is 27.3. The highest BCUT2D eigenvalue weighted by atomic mass is 79.9. The van der Waals surface area contributed by atoms with Gasteiger partial charge >= 0.3 is 5.97 Å². The van der Waals surface area contributed by atoms with Crippen LogP contribution in [0, 0.1) is 33.6 Å². The zero-order chi connectivity index (χ0) is 30.7. The van der Waals surface area contributed by atoms with Gasteiger partial charge in [-0.2, -0.15) is 0 Å². The van der Waals surface area contributed by atoms with Gasteiger partial charge in [-0.3, -0.25) is 4.79 Å². The number of ether oxygens (including phenoxy) is 1. The van der Waals surface area contributed by atoms with Crippen molar-refractivity contribution in [3.8, 4) is 5.69 Å². The summed E-state index contributed by atoms with van der Waals surface area (Å²) in [5.41, 5.74) is 8.92. The predicted molar refractivity (Wildman–Crippen MR) is 176 cm³/mol. The molecule has 1 aliphatic heterocycles. The number of amides is 1. The molecule has 0 saturated carbocycles. The van der Waals surface area contributed by atoms with Crippen molar-refractivity contribution in [3.63, 3.8) is 0 Å². The summed E-state index contributed by atoms with van der Waals surface area (Å²) in [4.78, 5) is 33.2. The van der Waals surface area contributed by atoms with Gasteiger partial charge in [-0.05, 0) is 93.8 Å². The summed E-state index contributed by atoms with van der Waals surface area (Å²) in [5.74, 6) is -0.224. The second-order valence-electron chi connectivity index (χ2n) is 11.7. The molecule has 1 amide bonds. The second-order valence-corrected chi connectivity index (χ2v) is 12.7. The number of benzene rings is 2. The van der Waals surface area contributed by atoms with Crippen LogP contribution in [0.25, 0.3) is 16.7 Å². The van der Waals surface area contributed by atoms with Gasteiger partial charge in [0.15, 0.2) is 0 Å². The minimum Gasteiger partial charge on any atom is -0.464 e. The van der Waals surface area contributed by atoms with Gasteiger partial charge in [0.1, 0.15) is 11.7 Å². The largest absolute Gasteiger partial charge is 0.464 e. The molecule has 3 heterocycles. The fourth-order valence-electron chi connectivity index (χ4n) is 6.39. The van der Waals surface area contributed by atoms with Gasteiger partial charge in [0.2, 0.25) is 5.91 Å². The van der Waals surface area contributed by atoms with Crippen LogP contribution in [0.5, 0.6) is 0 Å². The normalized spacial score (nSPS) is 14.6. The van der Waals surface area contributed by atoms with Gasteiger partial charge < -0.3 is 19.5 Å². The molecule has 226 valence electrons. The Bertz CT molecular complexity index is 1600. The number of fused-ring (bicyclic) bond motifs is 1. The highest BCUT2D eigenvalue weighted by molar-refractivity contribution is 9.10. The molecule has 1 fully saturated rings. The highest BCUT2D eigenvalue weighted by Gasteiger charge is 2.28.